The highest BCUT2D eigenvalue weighted by molar-refractivity contribution is 5.85. The summed E-state index contributed by atoms with van der Waals surface area (Å²) >= 11 is 0. The normalized spacial score (nSPS) is 9.25. The maximum absolute atomic E-state index is 8.24. The first-order valence-electron chi connectivity index (χ1n) is 2.67. The van der Waals surface area contributed by atoms with Crippen molar-refractivity contribution in [1.29, 1.82) is 0 Å². The molecule has 2 heteroatoms. The lowest BCUT2D eigenvalue weighted by molar-refractivity contribution is 0.302. The van der Waals surface area contributed by atoms with Crippen LogP contribution < -0.4 is 0 Å². The summed E-state index contributed by atoms with van der Waals surface area (Å²) < 4.78 is 0. The molecular formula is C6H13ClO. The molecule has 0 fully saturated rings. The zero-order chi connectivity index (χ0) is 5.54. The molecule has 0 aromatic carbocycles. The molecule has 0 spiro atoms. The van der Waals surface area contributed by atoms with Crippen LogP contribution in [-0.4, -0.2) is 11.7 Å². The van der Waals surface area contributed by atoms with Gasteiger partial charge >= 0.3 is 0 Å². The summed E-state index contributed by atoms with van der Waals surface area (Å²) in [5, 5.41) is 8.24. The SMILES string of the molecule is CC/C=C/CCO.Cl. The largest absolute Gasteiger partial charge is 0.396 e. The molecule has 0 rings (SSSR count). The zero-order valence-corrected chi connectivity index (χ0v) is 5.95. The summed E-state index contributed by atoms with van der Waals surface area (Å²) in [6.07, 6.45) is 5.91. The Morgan fingerprint density at radius 1 is 1.38 bits per heavy atom. The van der Waals surface area contributed by atoms with Gasteiger partial charge in [-0.15, -0.1) is 12.4 Å². The van der Waals surface area contributed by atoms with Gasteiger partial charge in [0.1, 0.15) is 0 Å². The Bertz CT molecular complexity index is 52.5. The molecule has 0 heterocycles. The van der Waals surface area contributed by atoms with Gasteiger partial charge in [0.25, 0.3) is 0 Å². The van der Waals surface area contributed by atoms with E-state index in [9.17, 15) is 0 Å². The first kappa shape index (κ1) is 10.9. The molecule has 50 valence electrons. The van der Waals surface area contributed by atoms with E-state index in [-0.39, 0.29) is 19.0 Å². The molecule has 0 aromatic rings. The summed E-state index contributed by atoms with van der Waals surface area (Å²) in [7, 11) is 0. The predicted octanol–water partition coefficient (Wildman–Crippen LogP) is 1.76. The molecule has 1 nitrogen and oxygen atoms in total. The molecule has 0 aromatic heterocycles. The van der Waals surface area contributed by atoms with E-state index in [0.717, 1.165) is 12.8 Å². The molecule has 0 aliphatic carbocycles. The van der Waals surface area contributed by atoms with Gasteiger partial charge in [-0.2, -0.15) is 0 Å². The highest BCUT2D eigenvalue weighted by atomic mass is 35.5. The van der Waals surface area contributed by atoms with Crippen molar-refractivity contribution < 1.29 is 5.11 Å². The summed E-state index contributed by atoms with van der Waals surface area (Å²) in [5.41, 5.74) is 0. The molecule has 1 N–H and O–H groups in total. The Balaban J connectivity index is 0. The first-order valence-corrected chi connectivity index (χ1v) is 2.67. The van der Waals surface area contributed by atoms with Crippen LogP contribution in [-0.2, 0) is 0 Å². The smallest absolute Gasteiger partial charge is 0.0465 e. The van der Waals surface area contributed by atoms with Crippen LogP contribution in [0.15, 0.2) is 12.2 Å². The van der Waals surface area contributed by atoms with Gasteiger partial charge in [-0.3, -0.25) is 0 Å². The Hall–Kier alpha value is -0.0100. The minimum atomic E-state index is 0. The summed E-state index contributed by atoms with van der Waals surface area (Å²) in [4.78, 5) is 0. The van der Waals surface area contributed by atoms with E-state index < -0.39 is 0 Å². The number of halogens is 1. The van der Waals surface area contributed by atoms with E-state index >= 15 is 0 Å². The highest BCUT2D eigenvalue weighted by Gasteiger charge is 1.68. The van der Waals surface area contributed by atoms with Gasteiger partial charge in [0.05, 0.1) is 0 Å². The van der Waals surface area contributed by atoms with E-state index in [4.69, 9.17) is 5.11 Å². The Morgan fingerprint density at radius 2 is 2.00 bits per heavy atom. The minimum absolute atomic E-state index is 0. The third kappa shape index (κ3) is 9.37. The molecule has 0 radical (unpaired) electrons. The topological polar surface area (TPSA) is 20.2 Å². The molecule has 0 saturated carbocycles. The molecular weight excluding hydrogens is 124 g/mol. The molecule has 0 bridgehead atoms. The van der Waals surface area contributed by atoms with Gasteiger partial charge in [-0.1, -0.05) is 19.1 Å². The van der Waals surface area contributed by atoms with Gasteiger partial charge in [0.15, 0.2) is 0 Å². The fraction of sp³-hybridized carbons (Fsp3) is 0.667. The standard InChI is InChI=1S/C6H12O.ClH/c1-2-3-4-5-6-7;/h3-4,7H,2,5-6H2,1H3;1H/b4-3+;. The molecule has 8 heavy (non-hydrogen) atoms. The van der Waals surface area contributed by atoms with E-state index in [1.807, 2.05) is 6.08 Å². The van der Waals surface area contributed by atoms with Gasteiger partial charge in [0, 0.05) is 6.61 Å². The van der Waals surface area contributed by atoms with Gasteiger partial charge in [0.2, 0.25) is 0 Å². The Morgan fingerprint density at radius 3 is 2.38 bits per heavy atom. The van der Waals surface area contributed by atoms with Crippen LogP contribution >= 0.6 is 12.4 Å². The van der Waals surface area contributed by atoms with Crippen molar-refractivity contribution in [2.45, 2.75) is 19.8 Å². The van der Waals surface area contributed by atoms with Crippen molar-refractivity contribution in [3.05, 3.63) is 12.2 Å². The van der Waals surface area contributed by atoms with Crippen LogP contribution in [0.5, 0.6) is 0 Å². The van der Waals surface area contributed by atoms with Crippen LogP contribution in [0.2, 0.25) is 0 Å². The number of hydrogen-bond donors (Lipinski definition) is 1. The molecule has 0 atom stereocenters. The Labute approximate surface area is 56.8 Å². The predicted molar refractivity (Wildman–Crippen MR) is 38.4 cm³/mol. The average molecular weight is 137 g/mol. The molecule has 0 aliphatic heterocycles. The van der Waals surface area contributed by atoms with Gasteiger partial charge < -0.3 is 5.11 Å². The first-order chi connectivity index (χ1) is 3.41. The van der Waals surface area contributed by atoms with Crippen LogP contribution in [0.25, 0.3) is 0 Å². The van der Waals surface area contributed by atoms with Crippen molar-refractivity contribution in [3.8, 4) is 0 Å². The van der Waals surface area contributed by atoms with Crippen molar-refractivity contribution in [3.63, 3.8) is 0 Å². The van der Waals surface area contributed by atoms with E-state index in [1.165, 1.54) is 0 Å². The van der Waals surface area contributed by atoms with E-state index in [2.05, 4.69) is 13.0 Å². The quantitative estimate of drug-likeness (QED) is 0.587. The second-order valence-electron chi connectivity index (χ2n) is 1.39. The fourth-order valence-corrected chi connectivity index (χ4v) is 0.359. The molecule has 0 aliphatic rings. The summed E-state index contributed by atoms with van der Waals surface area (Å²) in [6, 6.07) is 0. The summed E-state index contributed by atoms with van der Waals surface area (Å²) in [5.74, 6) is 0. The number of aliphatic hydroxyl groups is 1. The highest BCUT2D eigenvalue weighted by Crippen LogP contribution is 1.82. The molecule has 0 unspecified atom stereocenters. The molecule has 0 amide bonds. The lowest BCUT2D eigenvalue weighted by Gasteiger charge is -1.79. The van der Waals surface area contributed by atoms with Gasteiger partial charge in [-0.05, 0) is 12.8 Å². The zero-order valence-electron chi connectivity index (χ0n) is 5.13. The summed E-state index contributed by atoms with van der Waals surface area (Å²) in [6.45, 7) is 2.35. The second kappa shape index (κ2) is 10.1. The average Bonchev–Trinajstić information content (AvgIpc) is 1.69. The van der Waals surface area contributed by atoms with Gasteiger partial charge in [-0.25, -0.2) is 0 Å². The third-order valence-corrected chi connectivity index (χ3v) is 0.698. The van der Waals surface area contributed by atoms with Crippen molar-refractivity contribution in [2.24, 2.45) is 0 Å². The van der Waals surface area contributed by atoms with Crippen molar-refractivity contribution in [1.82, 2.24) is 0 Å². The van der Waals surface area contributed by atoms with Crippen LogP contribution in [0, 0.1) is 0 Å². The number of allylic oxidation sites excluding steroid dienone is 1. The van der Waals surface area contributed by atoms with Crippen LogP contribution in [0.3, 0.4) is 0 Å². The second-order valence-corrected chi connectivity index (χ2v) is 1.39. The monoisotopic (exact) mass is 136 g/mol. The van der Waals surface area contributed by atoms with Crippen LogP contribution in [0.4, 0.5) is 0 Å². The lowest BCUT2D eigenvalue weighted by Crippen LogP contribution is -1.73. The number of hydrogen-bond acceptors (Lipinski definition) is 1. The minimum Gasteiger partial charge on any atom is -0.396 e. The maximum Gasteiger partial charge on any atom is 0.0465 e. The maximum atomic E-state index is 8.24. The third-order valence-electron chi connectivity index (χ3n) is 0.698. The number of rotatable bonds is 3. The lowest BCUT2D eigenvalue weighted by atomic mass is 10.3. The van der Waals surface area contributed by atoms with Crippen molar-refractivity contribution >= 4 is 12.4 Å². The van der Waals surface area contributed by atoms with E-state index in [1.54, 1.807) is 0 Å². The fourth-order valence-electron chi connectivity index (χ4n) is 0.359. The Kier molecular flexibility index (Phi) is 13.7. The number of aliphatic hydroxyl groups excluding tert-OH is 1. The van der Waals surface area contributed by atoms with Crippen LogP contribution in [0.1, 0.15) is 19.8 Å². The van der Waals surface area contributed by atoms with E-state index in [0.29, 0.717) is 0 Å². The van der Waals surface area contributed by atoms with Crippen molar-refractivity contribution in [2.75, 3.05) is 6.61 Å². The molecule has 0 saturated heterocycles.